The molecule has 1 fully saturated rings. The number of anilines is 1. The highest BCUT2D eigenvalue weighted by atomic mass is 79.9. The van der Waals surface area contributed by atoms with Crippen LogP contribution in [0.2, 0.25) is 0 Å². The van der Waals surface area contributed by atoms with Gasteiger partial charge in [-0.1, -0.05) is 27.7 Å². The summed E-state index contributed by atoms with van der Waals surface area (Å²) in [6.07, 6.45) is 0. The fourth-order valence-corrected chi connectivity index (χ4v) is 2.91. The molecule has 0 amide bonds. The molecule has 1 saturated heterocycles. The lowest BCUT2D eigenvalue weighted by Crippen LogP contribution is -2.47. The molecule has 0 radical (unpaired) electrons. The summed E-state index contributed by atoms with van der Waals surface area (Å²) in [5, 5.41) is 0. The topological polar surface area (TPSA) is 32.3 Å². The molecule has 0 N–H and O–H groups in total. The third kappa shape index (κ3) is 4.16. The lowest BCUT2D eigenvalue weighted by molar-refractivity contribution is 0.231. The van der Waals surface area contributed by atoms with Crippen LogP contribution >= 0.6 is 15.9 Å². The number of piperazine rings is 1. The number of nitrogens with zero attached hydrogens (tertiary/aromatic N) is 4. The van der Waals surface area contributed by atoms with Crippen molar-refractivity contribution < 1.29 is 0 Å². The van der Waals surface area contributed by atoms with Gasteiger partial charge in [0.05, 0.1) is 0 Å². The predicted molar refractivity (Wildman–Crippen MR) is 87.3 cm³/mol. The highest BCUT2D eigenvalue weighted by Gasteiger charge is 2.19. The fraction of sp³-hybridized carbons (Fsp3) is 0.733. The smallest absolute Gasteiger partial charge is 0.134 e. The maximum atomic E-state index is 4.71. The second kappa shape index (κ2) is 6.85. The Morgan fingerprint density at radius 3 is 2.30 bits per heavy atom. The van der Waals surface area contributed by atoms with Gasteiger partial charge in [-0.15, -0.1) is 0 Å². The Morgan fingerprint density at radius 1 is 1.10 bits per heavy atom. The van der Waals surface area contributed by atoms with Crippen molar-refractivity contribution in [2.45, 2.75) is 33.6 Å². The summed E-state index contributed by atoms with van der Waals surface area (Å²) in [5.41, 5.74) is 0. The summed E-state index contributed by atoms with van der Waals surface area (Å²) >= 11 is 3.50. The summed E-state index contributed by atoms with van der Waals surface area (Å²) < 4.78 is 0.885. The van der Waals surface area contributed by atoms with Gasteiger partial charge in [0, 0.05) is 44.7 Å². The van der Waals surface area contributed by atoms with Gasteiger partial charge in [0.15, 0.2) is 0 Å². The zero-order valence-electron chi connectivity index (χ0n) is 12.9. The highest BCUT2D eigenvalue weighted by Crippen LogP contribution is 2.21. The van der Waals surface area contributed by atoms with Crippen molar-refractivity contribution in [1.82, 2.24) is 14.9 Å². The minimum atomic E-state index is 0.355. The van der Waals surface area contributed by atoms with E-state index in [4.69, 9.17) is 4.98 Å². The maximum Gasteiger partial charge on any atom is 0.134 e. The molecule has 0 saturated carbocycles. The second-order valence-corrected chi connectivity index (χ2v) is 7.06. The van der Waals surface area contributed by atoms with E-state index in [1.165, 1.54) is 6.54 Å². The standard InChI is InChI=1S/C15H25BrN4/c1-11(2)10-19-5-7-20(8-6-19)14-9-13(16)17-15(18-14)12(3)4/h9,11-12H,5-8,10H2,1-4H3. The molecule has 1 aliphatic heterocycles. The quantitative estimate of drug-likeness (QED) is 0.788. The number of halogens is 1. The van der Waals surface area contributed by atoms with Gasteiger partial charge in [0.2, 0.25) is 0 Å². The fourth-order valence-electron chi connectivity index (χ4n) is 2.52. The summed E-state index contributed by atoms with van der Waals surface area (Å²) in [4.78, 5) is 14.1. The third-order valence-electron chi connectivity index (χ3n) is 3.53. The van der Waals surface area contributed by atoms with Crippen molar-refractivity contribution in [1.29, 1.82) is 0 Å². The minimum absolute atomic E-state index is 0.355. The third-order valence-corrected chi connectivity index (χ3v) is 3.94. The molecule has 5 heteroatoms. The van der Waals surface area contributed by atoms with Crippen molar-refractivity contribution in [3.05, 3.63) is 16.5 Å². The molecule has 0 aromatic carbocycles. The van der Waals surface area contributed by atoms with E-state index in [0.29, 0.717) is 5.92 Å². The Morgan fingerprint density at radius 2 is 1.75 bits per heavy atom. The van der Waals surface area contributed by atoms with Gasteiger partial charge < -0.3 is 4.90 Å². The van der Waals surface area contributed by atoms with Crippen LogP contribution < -0.4 is 4.90 Å². The molecule has 0 aliphatic carbocycles. The molecule has 0 spiro atoms. The molecule has 112 valence electrons. The van der Waals surface area contributed by atoms with Crippen LogP contribution in [0.4, 0.5) is 5.82 Å². The van der Waals surface area contributed by atoms with Gasteiger partial charge in [-0.25, -0.2) is 9.97 Å². The predicted octanol–water partition coefficient (Wildman–Crippen LogP) is 3.14. The average molecular weight is 341 g/mol. The monoisotopic (exact) mass is 340 g/mol. The van der Waals surface area contributed by atoms with E-state index in [1.54, 1.807) is 0 Å². The molecule has 20 heavy (non-hydrogen) atoms. The Hall–Kier alpha value is -0.680. The molecular formula is C15H25BrN4. The molecule has 1 aromatic heterocycles. The van der Waals surface area contributed by atoms with Gasteiger partial charge in [0.25, 0.3) is 0 Å². The summed E-state index contributed by atoms with van der Waals surface area (Å²) in [6, 6.07) is 2.03. The zero-order valence-corrected chi connectivity index (χ0v) is 14.5. The summed E-state index contributed by atoms with van der Waals surface area (Å²) in [6.45, 7) is 14.4. The average Bonchev–Trinajstić information content (AvgIpc) is 2.38. The van der Waals surface area contributed by atoms with Crippen molar-refractivity contribution in [3.8, 4) is 0 Å². The van der Waals surface area contributed by atoms with Gasteiger partial charge in [-0.3, -0.25) is 4.90 Å². The van der Waals surface area contributed by atoms with Crippen LogP contribution in [0.1, 0.15) is 39.4 Å². The van der Waals surface area contributed by atoms with E-state index in [2.05, 4.69) is 58.4 Å². The van der Waals surface area contributed by atoms with E-state index < -0.39 is 0 Å². The first-order chi connectivity index (χ1) is 9.45. The van der Waals surface area contributed by atoms with Gasteiger partial charge in [0.1, 0.15) is 16.2 Å². The normalized spacial score (nSPS) is 17.2. The highest BCUT2D eigenvalue weighted by molar-refractivity contribution is 9.10. The number of rotatable bonds is 4. The SMILES string of the molecule is CC(C)CN1CCN(c2cc(Br)nc(C(C)C)n2)CC1. The minimum Gasteiger partial charge on any atom is -0.354 e. The van der Waals surface area contributed by atoms with Crippen LogP contribution in [0.3, 0.4) is 0 Å². The molecule has 1 aliphatic rings. The van der Waals surface area contributed by atoms with E-state index in [1.807, 2.05) is 6.07 Å². The molecule has 0 bridgehead atoms. The molecule has 0 unspecified atom stereocenters. The van der Waals surface area contributed by atoms with Crippen molar-refractivity contribution >= 4 is 21.7 Å². The Bertz CT molecular complexity index is 439. The molecular weight excluding hydrogens is 316 g/mol. The second-order valence-electron chi connectivity index (χ2n) is 6.24. The Balaban J connectivity index is 2.03. The lowest BCUT2D eigenvalue weighted by atomic mass is 10.2. The van der Waals surface area contributed by atoms with Crippen LogP contribution in [-0.4, -0.2) is 47.6 Å². The van der Waals surface area contributed by atoms with Crippen LogP contribution in [0.5, 0.6) is 0 Å². The summed E-state index contributed by atoms with van der Waals surface area (Å²) in [7, 11) is 0. The van der Waals surface area contributed by atoms with Gasteiger partial charge in [-0.2, -0.15) is 0 Å². The Labute approximate surface area is 130 Å². The zero-order chi connectivity index (χ0) is 14.7. The van der Waals surface area contributed by atoms with E-state index in [0.717, 1.165) is 48.3 Å². The van der Waals surface area contributed by atoms with Crippen molar-refractivity contribution in [3.63, 3.8) is 0 Å². The van der Waals surface area contributed by atoms with Crippen LogP contribution in [0, 0.1) is 5.92 Å². The number of aromatic nitrogens is 2. The van der Waals surface area contributed by atoms with Crippen LogP contribution in [0.25, 0.3) is 0 Å². The van der Waals surface area contributed by atoms with E-state index in [9.17, 15) is 0 Å². The molecule has 1 aromatic rings. The first kappa shape index (κ1) is 15.7. The van der Waals surface area contributed by atoms with E-state index >= 15 is 0 Å². The van der Waals surface area contributed by atoms with E-state index in [-0.39, 0.29) is 0 Å². The maximum absolute atomic E-state index is 4.71. The molecule has 2 rings (SSSR count). The lowest BCUT2D eigenvalue weighted by Gasteiger charge is -2.36. The number of hydrogen-bond acceptors (Lipinski definition) is 4. The van der Waals surface area contributed by atoms with Crippen LogP contribution in [0.15, 0.2) is 10.7 Å². The van der Waals surface area contributed by atoms with Crippen molar-refractivity contribution in [2.24, 2.45) is 5.92 Å². The first-order valence-corrected chi connectivity index (χ1v) is 8.26. The van der Waals surface area contributed by atoms with Crippen LogP contribution in [-0.2, 0) is 0 Å². The Kier molecular flexibility index (Phi) is 5.38. The largest absolute Gasteiger partial charge is 0.354 e. The molecule has 2 heterocycles. The molecule has 0 atom stereocenters. The number of hydrogen-bond donors (Lipinski definition) is 0. The first-order valence-electron chi connectivity index (χ1n) is 7.47. The van der Waals surface area contributed by atoms with Gasteiger partial charge >= 0.3 is 0 Å². The summed E-state index contributed by atoms with van der Waals surface area (Å²) in [5.74, 6) is 3.06. The van der Waals surface area contributed by atoms with Crippen molar-refractivity contribution in [2.75, 3.05) is 37.6 Å². The van der Waals surface area contributed by atoms with Gasteiger partial charge in [-0.05, 0) is 21.8 Å². The molecule has 4 nitrogen and oxygen atoms in total.